The molecule has 0 amide bonds. The number of rotatable bonds is 3. The molecule has 0 saturated heterocycles. The number of nitrogens with two attached hydrogens (primary N) is 2. The highest BCUT2D eigenvalue weighted by Crippen LogP contribution is 2.40. The molecule has 27 heavy (non-hydrogen) atoms. The third-order valence-electron chi connectivity index (χ3n) is 4.44. The summed E-state index contributed by atoms with van der Waals surface area (Å²) in [7, 11) is 0. The highest BCUT2D eigenvalue weighted by atomic mass is 32.1. The first kappa shape index (κ1) is 17.3. The van der Waals surface area contributed by atoms with E-state index < -0.39 is 11.6 Å². The second-order valence-corrected chi connectivity index (χ2v) is 7.41. The second-order valence-electron chi connectivity index (χ2n) is 6.23. The fourth-order valence-corrected chi connectivity index (χ4v) is 3.92. The Hall–Kier alpha value is -3.13. The van der Waals surface area contributed by atoms with E-state index in [-0.39, 0.29) is 11.3 Å². The van der Waals surface area contributed by atoms with Crippen molar-refractivity contribution in [1.29, 1.82) is 0 Å². The monoisotopic (exact) mass is 385 g/mol. The maximum atomic E-state index is 14.5. The van der Waals surface area contributed by atoms with Crippen molar-refractivity contribution in [3.05, 3.63) is 58.5 Å². The van der Waals surface area contributed by atoms with E-state index in [0.717, 1.165) is 10.4 Å². The van der Waals surface area contributed by atoms with Crippen LogP contribution in [0.1, 0.15) is 10.4 Å². The number of nitrogens with zero attached hydrogens (tertiary/aromatic N) is 2. The number of nitrogen functional groups attached to an aromatic ring is 2. The van der Waals surface area contributed by atoms with Crippen LogP contribution < -0.4 is 16.8 Å². The van der Waals surface area contributed by atoms with Gasteiger partial charge >= 0.3 is 0 Å². The SMILES string of the molecule is Cc1cccc(N)c1Nc1c(-c2c(F)cccc2F)nc2sc(C)c(N)n12. The molecule has 4 rings (SSSR count). The van der Waals surface area contributed by atoms with Gasteiger partial charge in [-0.1, -0.05) is 29.5 Å². The van der Waals surface area contributed by atoms with Gasteiger partial charge in [0.2, 0.25) is 0 Å². The van der Waals surface area contributed by atoms with Gasteiger partial charge in [0.1, 0.15) is 29.0 Å². The van der Waals surface area contributed by atoms with Crippen molar-refractivity contribution < 1.29 is 8.78 Å². The molecule has 8 heteroatoms. The van der Waals surface area contributed by atoms with E-state index in [0.29, 0.717) is 28.0 Å². The molecule has 2 heterocycles. The zero-order valence-electron chi connectivity index (χ0n) is 14.7. The summed E-state index contributed by atoms with van der Waals surface area (Å²) in [4.78, 5) is 5.86. The Bertz CT molecular complexity index is 1140. The third-order valence-corrected chi connectivity index (χ3v) is 5.41. The van der Waals surface area contributed by atoms with Crippen LogP contribution in [0.15, 0.2) is 36.4 Å². The number of benzene rings is 2. The number of anilines is 4. The molecule has 0 spiro atoms. The lowest BCUT2D eigenvalue weighted by molar-refractivity contribution is 0.589. The van der Waals surface area contributed by atoms with E-state index in [2.05, 4.69) is 10.3 Å². The molecule has 0 fully saturated rings. The Morgan fingerprint density at radius 1 is 1.04 bits per heavy atom. The van der Waals surface area contributed by atoms with Crippen molar-refractivity contribution in [2.75, 3.05) is 16.8 Å². The summed E-state index contributed by atoms with van der Waals surface area (Å²) in [6.45, 7) is 3.76. The third kappa shape index (κ3) is 2.69. The Morgan fingerprint density at radius 3 is 2.37 bits per heavy atom. The Kier molecular flexibility index (Phi) is 4.00. The van der Waals surface area contributed by atoms with E-state index in [1.165, 1.54) is 29.5 Å². The zero-order chi connectivity index (χ0) is 19.3. The summed E-state index contributed by atoms with van der Waals surface area (Å²) in [5, 5.41) is 3.21. The number of para-hydroxylation sites is 1. The Balaban J connectivity index is 2.02. The molecule has 138 valence electrons. The summed E-state index contributed by atoms with van der Waals surface area (Å²) < 4.78 is 30.6. The van der Waals surface area contributed by atoms with E-state index in [9.17, 15) is 8.78 Å². The quantitative estimate of drug-likeness (QED) is 0.440. The summed E-state index contributed by atoms with van der Waals surface area (Å²) in [5.41, 5.74) is 14.3. The topological polar surface area (TPSA) is 81.4 Å². The van der Waals surface area contributed by atoms with Gasteiger partial charge in [0.15, 0.2) is 4.96 Å². The number of fused-ring (bicyclic) bond motifs is 1. The van der Waals surface area contributed by atoms with Gasteiger partial charge in [0.05, 0.1) is 16.9 Å². The molecule has 2 aromatic carbocycles. The van der Waals surface area contributed by atoms with Crippen LogP contribution in [-0.4, -0.2) is 9.38 Å². The number of hydrogen-bond acceptors (Lipinski definition) is 5. The van der Waals surface area contributed by atoms with Crippen LogP contribution in [0.3, 0.4) is 0 Å². The van der Waals surface area contributed by atoms with E-state index in [4.69, 9.17) is 11.5 Å². The average Bonchev–Trinajstić information content (AvgIpc) is 3.08. The molecule has 0 bridgehead atoms. The van der Waals surface area contributed by atoms with E-state index in [1.54, 1.807) is 10.5 Å². The summed E-state index contributed by atoms with van der Waals surface area (Å²) >= 11 is 1.35. The maximum Gasteiger partial charge on any atom is 0.197 e. The highest BCUT2D eigenvalue weighted by molar-refractivity contribution is 7.17. The van der Waals surface area contributed by atoms with Crippen molar-refractivity contribution in [1.82, 2.24) is 9.38 Å². The minimum atomic E-state index is -0.697. The van der Waals surface area contributed by atoms with E-state index in [1.807, 2.05) is 26.0 Å². The van der Waals surface area contributed by atoms with Crippen molar-refractivity contribution in [2.45, 2.75) is 13.8 Å². The molecule has 2 aromatic heterocycles. The molecule has 5 nitrogen and oxygen atoms in total. The van der Waals surface area contributed by atoms with Crippen molar-refractivity contribution in [3.63, 3.8) is 0 Å². The number of hydrogen-bond donors (Lipinski definition) is 3. The molecule has 0 saturated carbocycles. The van der Waals surface area contributed by atoms with Crippen LogP contribution in [-0.2, 0) is 0 Å². The number of nitrogens with one attached hydrogen (secondary N) is 1. The molecule has 0 aliphatic carbocycles. The van der Waals surface area contributed by atoms with Gasteiger partial charge in [-0.2, -0.15) is 0 Å². The lowest BCUT2D eigenvalue weighted by Gasteiger charge is -2.14. The van der Waals surface area contributed by atoms with Crippen LogP contribution in [0.5, 0.6) is 0 Å². The fourth-order valence-electron chi connectivity index (χ4n) is 3.03. The molecule has 0 atom stereocenters. The summed E-state index contributed by atoms with van der Waals surface area (Å²) in [6.07, 6.45) is 0. The number of imidazole rings is 1. The highest BCUT2D eigenvalue weighted by Gasteiger charge is 2.24. The lowest BCUT2D eigenvalue weighted by atomic mass is 10.1. The largest absolute Gasteiger partial charge is 0.397 e. The standard InChI is InChI=1S/C19H17F2N5S/c1-9-5-3-8-13(22)15(9)24-18-16(14-11(20)6-4-7-12(14)21)25-19-26(18)17(23)10(2)27-19/h3-8,24H,22-23H2,1-2H3. The predicted molar refractivity (Wildman–Crippen MR) is 106 cm³/mol. The number of halogens is 2. The number of aromatic nitrogens is 2. The number of aryl methyl sites for hydroxylation is 2. The first-order valence-corrected chi connectivity index (χ1v) is 9.04. The first-order valence-electron chi connectivity index (χ1n) is 8.22. The molecule has 0 aliphatic heterocycles. The summed E-state index contributed by atoms with van der Waals surface area (Å²) in [5.74, 6) is -0.564. The minimum Gasteiger partial charge on any atom is -0.397 e. The average molecular weight is 385 g/mol. The van der Waals surface area contributed by atoms with Gasteiger partial charge in [0, 0.05) is 4.88 Å². The Morgan fingerprint density at radius 2 is 1.70 bits per heavy atom. The lowest BCUT2D eigenvalue weighted by Crippen LogP contribution is -2.04. The molecular weight excluding hydrogens is 368 g/mol. The molecule has 4 aromatic rings. The molecule has 0 unspecified atom stereocenters. The molecular formula is C19H17F2N5S. The van der Waals surface area contributed by atoms with Crippen LogP contribution >= 0.6 is 11.3 Å². The van der Waals surface area contributed by atoms with E-state index >= 15 is 0 Å². The molecule has 5 N–H and O–H groups in total. The molecule has 0 aliphatic rings. The zero-order valence-corrected chi connectivity index (χ0v) is 15.5. The van der Waals surface area contributed by atoms with Crippen molar-refractivity contribution >= 4 is 39.3 Å². The second kappa shape index (κ2) is 6.24. The van der Waals surface area contributed by atoms with Crippen LogP contribution in [0, 0.1) is 25.5 Å². The van der Waals surface area contributed by atoms with Gasteiger partial charge in [-0.25, -0.2) is 13.8 Å². The van der Waals surface area contributed by atoms with Gasteiger partial charge in [-0.3, -0.25) is 4.40 Å². The fraction of sp³-hybridized carbons (Fsp3) is 0.105. The van der Waals surface area contributed by atoms with Crippen LogP contribution in [0.25, 0.3) is 16.2 Å². The van der Waals surface area contributed by atoms with Gasteiger partial charge in [0.25, 0.3) is 0 Å². The minimum absolute atomic E-state index is 0.145. The molecule has 0 radical (unpaired) electrons. The van der Waals surface area contributed by atoms with Crippen LogP contribution in [0.2, 0.25) is 0 Å². The van der Waals surface area contributed by atoms with Gasteiger partial charge in [-0.15, -0.1) is 0 Å². The summed E-state index contributed by atoms with van der Waals surface area (Å²) in [6, 6.07) is 9.19. The first-order chi connectivity index (χ1) is 12.9. The van der Waals surface area contributed by atoms with Crippen molar-refractivity contribution in [2.24, 2.45) is 0 Å². The van der Waals surface area contributed by atoms with Gasteiger partial charge in [-0.05, 0) is 37.6 Å². The van der Waals surface area contributed by atoms with Crippen LogP contribution in [0.4, 0.5) is 31.8 Å². The smallest absolute Gasteiger partial charge is 0.197 e. The predicted octanol–water partition coefficient (Wildman–Crippen LogP) is 4.87. The Labute approximate surface area is 158 Å². The normalized spacial score (nSPS) is 11.3. The van der Waals surface area contributed by atoms with Crippen molar-refractivity contribution in [3.8, 4) is 11.3 Å². The number of thiazole rings is 1. The van der Waals surface area contributed by atoms with Gasteiger partial charge < -0.3 is 16.8 Å². The maximum absolute atomic E-state index is 14.5.